The maximum atomic E-state index is 13.2. The van der Waals surface area contributed by atoms with Gasteiger partial charge in [-0.2, -0.15) is 0 Å². The van der Waals surface area contributed by atoms with Crippen LogP contribution in [-0.4, -0.2) is 0 Å². The van der Waals surface area contributed by atoms with Gasteiger partial charge in [-0.3, -0.25) is 0 Å². The quantitative estimate of drug-likeness (QED) is 0.702. The van der Waals surface area contributed by atoms with Crippen LogP contribution in [-0.2, 0) is 0 Å². The first-order valence-electron chi connectivity index (χ1n) is 5.91. The van der Waals surface area contributed by atoms with E-state index in [9.17, 15) is 17.6 Å². The highest BCUT2D eigenvalue weighted by Crippen LogP contribution is 2.29. The van der Waals surface area contributed by atoms with E-state index in [-0.39, 0.29) is 0 Å². The number of halogens is 4. The Kier molecular flexibility index (Phi) is 3.88. The first kappa shape index (κ1) is 13.6. The largest absolute Gasteiger partial charge is 0.207 e. The molecule has 0 aliphatic rings. The van der Waals surface area contributed by atoms with Gasteiger partial charge >= 0.3 is 0 Å². The van der Waals surface area contributed by atoms with Gasteiger partial charge in [0.05, 0.1) is 0 Å². The van der Waals surface area contributed by atoms with Gasteiger partial charge in [-0.15, -0.1) is 0 Å². The van der Waals surface area contributed by atoms with Crippen LogP contribution in [0.5, 0.6) is 0 Å². The lowest BCUT2D eigenvalue weighted by molar-refractivity contribution is 0.569. The highest BCUT2D eigenvalue weighted by Gasteiger charge is 2.16. The lowest BCUT2D eigenvalue weighted by atomic mass is 9.89. The maximum Gasteiger partial charge on any atom is 0.126 e. The summed E-state index contributed by atoms with van der Waals surface area (Å²) in [4.78, 5) is 0. The summed E-state index contributed by atoms with van der Waals surface area (Å²) in [6.07, 6.45) is 0.478. The van der Waals surface area contributed by atoms with E-state index in [1.54, 1.807) is 6.92 Å². The molecule has 2 aromatic rings. The van der Waals surface area contributed by atoms with Crippen molar-refractivity contribution in [3.8, 4) is 0 Å². The molecule has 0 unspecified atom stereocenters. The standard InChI is InChI=1S/C15H12F4/c1-2-15(9-3-11(16)7-12(17)4-9)10-5-13(18)8-14(19)6-10/h3-8,15H,2H2,1H3. The van der Waals surface area contributed by atoms with Crippen LogP contribution >= 0.6 is 0 Å². The highest BCUT2D eigenvalue weighted by molar-refractivity contribution is 5.33. The molecule has 0 aliphatic heterocycles. The second-order valence-corrected chi connectivity index (χ2v) is 4.37. The summed E-state index contributed by atoms with van der Waals surface area (Å²) in [6.45, 7) is 1.79. The molecule has 100 valence electrons. The minimum absolute atomic E-state index is 0.366. The maximum absolute atomic E-state index is 13.2. The van der Waals surface area contributed by atoms with E-state index in [1.807, 2.05) is 0 Å². The lowest BCUT2D eigenvalue weighted by Crippen LogP contribution is -2.02. The molecule has 0 N–H and O–H groups in total. The fourth-order valence-corrected chi connectivity index (χ4v) is 2.22. The van der Waals surface area contributed by atoms with Crippen molar-refractivity contribution in [1.29, 1.82) is 0 Å². The Morgan fingerprint density at radius 1 is 0.684 bits per heavy atom. The van der Waals surface area contributed by atoms with Gasteiger partial charge in [0.1, 0.15) is 23.3 Å². The molecular formula is C15H12F4. The summed E-state index contributed by atoms with van der Waals surface area (Å²) in [5, 5.41) is 0. The number of hydrogen-bond acceptors (Lipinski definition) is 0. The van der Waals surface area contributed by atoms with Crippen LogP contribution in [0.25, 0.3) is 0 Å². The zero-order valence-corrected chi connectivity index (χ0v) is 10.3. The van der Waals surface area contributed by atoms with E-state index in [1.165, 1.54) is 24.3 Å². The third kappa shape index (κ3) is 3.13. The summed E-state index contributed by atoms with van der Waals surface area (Å²) in [5.74, 6) is -3.26. The normalized spacial score (nSPS) is 11.1. The molecule has 2 rings (SSSR count). The molecule has 2 aromatic carbocycles. The molecule has 0 heterocycles. The predicted octanol–water partition coefficient (Wildman–Crippen LogP) is 4.78. The Labute approximate surface area is 108 Å². The van der Waals surface area contributed by atoms with Crippen LogP contribution in [0, 0.1) is 23.3 Å². The fourth-order valence-electron chi connectivity index (χ4n) is 2.22. The van der Waals surface area contributed by atoms with Crippen LogP contribution in [0.4, 0.5) is 17.6 Å². The number of hydrogen-bond donors (Lipinski definition) is 0. The highest BCUT2D eigenvalue weighted by atomic mass is 19.1. The Morgan fingerprint density at radius 2 is 1.00 bits per heavy atom. The summed E-state index contributed by atoms with van der Waals surface area (Å²) < 4.78 is 52.8. The van der Waals surface area contributed by atoms with Crippen molar-refractivity contribution < 1.29 is 17.6 Å². The minimum atomic E-state index is -0.703. The second-order valence-electron chi connectivity index (χ2n) is 4.37. The molecule has 4 heteroatoms. The van der Waals surface area contributed by atoms with Crippen LogP contribution in [0.1, 0.15) is 30.4 Å². The summed E-state index contributed by atoms with van der Waals surface area (Å²) in [5.41, 5.74) is 0.731. The van der Waals surface area contributed by atoms with Crippen LogP contribution < -0.4 is 0 Å². The molecule has 0 saturated heterocycles. The van der Waals surface area contributed by atoms with Gasteiger partial charge in [0.2, 0.25) is 0 Å². The molecule has 0 radical (unpaired) electrons. The number of benzene rings is 2. The van der Waals surface area contributed by atoms with E-state index >= 15 is 0 Å². The molecule has 0 spiro atoms. The lowest BCUT2D eigenvalue weighted by Gasteiger charge is -2.16. The summed E-state index contributed by atoms with van der Waals surface area (Å²) in [7, 11) is 0. The smallest absolute Gasteiger partial charge is 0.126 e. The van der Waals surface area contributed by atoms with Crippen molar-refractivity contribution in [2.45, 2.75) is 19.3 Å². The Balaban J connectivity index is 2.49. The average Bonchev–Trinajstić information content (AvgIpc) is 2.27. The van der Waals surface area contributed by atoms with Crippen molar-refractivity contribution in [3.05, 3.63) is 70.8 Å². The van der Waals surface area contributed by atoms with Crippen molar-refractivity contribution in [2.24, 2.45) is 0 Å². The van der Waals surface area contributed by atoms with Crippen molar-refractivity contribution >= 4 is 0 Å². The Hall–Kier alpha value is -1.84. The zero-order chi connectivity index (χ0) is 14.0. The molecule has 0 atom stereocenters. The van der Waals surface area contributed by atoms with Crippen LogP contribution in [0.2, 0.25) is 0 Å². The Morgan fingerprint density at radius 3 is 1.26 bits per heavy atom. The molecule has 0 nitrogen and oxygen atoms in total. The molecule has 19 heavy (non-hydrogen) atoms. The monoisotopic (exact) mass is 268 g/mol. The van der Waals surface area contributed by atoms with Crippen molar-refractivity contribution in [2.75, 3.05) is 0 Å². The second kappa shape index (κ2) is 5.43. The molecular weight excluding hydrogens is 256 g/mol. The van der Waals surface area contributed by atoms with Crippen LogP contribution in [0.15, 0.2) is 36.4 Å². The van der Waals surface area contributed by atoms with Crippen molar-refractivity contribution in [1.82, 2.24) is 0 Å². The first-order chi connectivity index (χ1) is 8.99. The molecule has 0 aromatic heterocycles. The van der Waals surface area contributed by atoms with Gasteiger partial charge in [0, 0.05) is 18.1 Å². The molecule has 0 aliphatic carbocycles. The topological polar surface area (TPSA) is 0 Å². The third-order valence-electron chi connectivity index (χ3n) is 2.98. The van der Waals surface area contributed by atoms with E-state index in [0.717, 1.165) is 12.1 Å². The zero-order valence-electron chi connectivity index (χ0n) is 10.3. The molecule has 0 saturated carbocycles. The van der Waals surface area contributed by atoms with Crippen molar-refractivity contribution in [3.63, 3.8) is 0 Å². The summed E-state index contributed by atoms with van der Waals surface area (Å²) in [6, 6.07) is 6.25. The SMILES string of the molecule is CCC(c1cc(F)cc(F)c1)c1cc(F)cc(F)c1. The molecule has 0 amide bonds. The predicted molar refractivity (Wildman–Crippen MR) is 64.9 cm³/mol. The van der Waals surface area contributed by atoms with Gasteiger partial charge < -0.3 is 0 Å². The van der Waals surface area contributed by atoms with Gasteiger partial charge in [-0.1, -0.05) is 6.92 Å². The Bertz CT molecular complexity index is 501. The third-order valence-corrected chi connectivity index (χ3v) is 2.98. The van der Waals surface area contributed by atoms with Gasteiger partial charge in [-0.05, 0) is 41.8 Å². The van der Waals surface area contributed by atoms with Gasteiger partial charge in [0.25, 0.3) is 0 Å². The van der Waals surface area contributed by atoms with E-state index in [4.69, 9.17) is 0 Å². The fraction of sp³-hybridized carbons (Fsp3) is 0.200. The average molecular weight is 268 g/mol. The minimum Gasteiger partial charge on any atom is -0.207 e. The van der Waals surface area contributed by atoms with E-state index in [0.29, 0.717) is 17.5 Å². The van der Waals surface area contributed by atoms with Gasteiger partial charge in [0.15, 0.2) is 0 Å². The van der Waals surface area contributed by atoms with Gasteiger partial charge in [-0.25, -0.2) is 17.6 Å². The molecule has 0 bridgehead atoms. The van der Waals surface area contributed by atoms with E-state index in [2.05, 4.69) is 0 Å². The van der Waals surface area contributed by atoms with Crippen LogP contribution in [0.3, 0.4) is 0 Å². The molecule has 0 fully saturated rings. The number of rotatable bonds is 3. The summed E-state index contributed by atoms with van der Waals surface area (Å²) >= 11 is 0. The van der Waals surface area contributed by atoms with E-state index < -0.39 is 29.2 Å². The first-order valence-corrected chi connectivity index (χ1v) is 5.91.